The van der Waals surface area contributed by atoms with Gasteiger partial charge in [0.2, 0.25) is 0 Å². The average Bonchev–Trinajstić information content (AvgIpc) is 3.46. The Kier molecular flexibility index (Phi) is 4.81. The Bertz CT molecular complexity index is 1350. The fourth-order valence-electron chi connectivity index (χ4n) is 4.69. The summed E-state index contributed by atoms with van der Waals surface area (Å²) in [6.45, 7) is 10.6. The van der Waals surface area contributed by atoms with Crippen molar-refractivity contribution in [3.8, 4) is 0 Å². The molecule has 0 saturated carbocycles. The van der Waals surface area contributed by atoms with Gasteiger partial charge in [0.15, 0.2) is 11.5 Å². The Morgan fingerprint density at radius 3 is 2.84 bits per heavy atom. The van der Waals surface area contributed by atoms with Gasteiger partial charge in [-0.1, -0.05) is 27.2 Å². The van der Waals surface area contributed by atoms with Gasteiger partial charge in [-0.15, -0.1) is 16.4 Å². The molecule has 0 radical (unpaired) electrons. The van der Waals surface area contributed by atoms with Gasteiger partial charge in [-0.2, -0.15) is 5.10 Å². The standard InChI is InChI=1S/C22H27N7O2S/c1-6-22(4,5)14-7-8-15-17(9-14)32-21-18(15)20-24-19(26-28(20)11-23-21)13(3)27-10-16(29(30)31)12(2)25-27/h10-11,13-14H,6-9H2,1-5H3. The van der Waals surface area contributed by atoms with Gasteiger partial charge in [0.05, 0.1) is 10.3 Å². The van der Waals surface area contributed by atoms with Gasteiger partial charge in [-0.05, 0) is 50.0 Å². The summed E-state index contributed by atoms with van der Waals surface area (Å²) in [5.41, 5.74) is 2.88. The first-order valence-electron chi connectivity index (χ1n) is 11.0. The SMILES string of the molecule is CCC(C)(C)C1CCc2c(sc3ncn4nc(C(C)n5cc([N+](=O)[O-])c(C)n5)nc4c23)C1. The number of fused-ring (bicyclic) bond motifs is 5. The Labute approximate surface area is 189 Å². The van der Waals surface area contributed by atoms with E-state index in [1.165, 1.54) is 29.5 Å². The lowest BCUT2D eigenvalue weighted by molar-refractivity contribution is -0.385. The van der Waals surface area contributed by atoms with Crippen LogP contribution in [0.1, 0.15) is 68.5 Å². The van der Waals surface area contributed by atoms with Crippen molar-refractivity contribution in [2.75, 3.05) is 0 Å². The summed E-state index contributed by atoms with van der Waals surface area (Å²) >= 11 is 1.78. The highest BCUT2D eigenvalue weighted by molar-refractivity contribution is 7.19. The zero-order chi connectivity index (χ0) is 22.8. The summed E-state index contributed by atoms with van der Waals surface area (Å²) in [6, 6.07) is -0.332. The topological polar surface area (TPSA) is 104 Å². The normalized spacial score (nSPS) is 17.7. The third kappa shape index (κ3) is 3.19. The molecule has 0 aliphatic heterocycles. The van der Waals surface area contributed by atoms with Crippen LogP contribution in [-0.4, -0.2) is 34.3 Å². The molecule has 10 heteroatoms. The van der Waals surface area contributed by atoms with Gasteiger partial charge in [0.1, 0.15) is 29.1 Å². The number of aromatic nitrogens is 6. The molecular formula is C22H27N7O2S. The van der Waals surface area contributed by atoms with E-state index in [2.05, 4.69) is 36.0 Å². The number of hydrogen-bond acceptors (Lipinski definition) is 7. The zero-order valence-electron chi connectivity index (χ0n) is 19.0. The van der Waals surface area contributed by atoms with Crippen molar-refractivity contribution >= 4 is 32.9 Å². The first-order valence-corrected chi connectivity index (χ1v) is 11.9. The fourth-order valence-corrected chi connectivity index (χ4v) is 5.95. The second kappa shape index (κ2) is 7.33. The molecule has 0 saturated heterocycles. The van der Waals surface area contributed by atoms with Crippen LogP contribution < -0.4 is 0 Å². The third-order valence-electron chi connectivity index (χ3n) is 7.28. The first kappa shape index (κ1) is 21.0. The number of nitro groups is 1. The van der Waals surface area contributed by atoms with E-state index in [4.69, 9.17) is 4.98 Å². The van der Waals surface area contributed by atoms with Crippen LogP contribution in [0.15, 0.2) is 12.5 Å². The molecule has 2 unspecified atom stereocenters. The Balaban J connectivity index is 1.56. The molecule has 0 N–H and O–H groups in total. The van der Waals surface area contributed by atoms with Crippen LogP contribution >= 0.6 is 11.3 Å². The Hall–Kier alpha value is -2.88. The summed E-state index contributed by atoms with van der Waals surface area (Å²) < 4.78 is 3.29. The maximum absolute atomic E-state index is 11.2. The predicted octanol–water partition coefficient (Wildman–Crippen LogP) is 4.90. The summed E-state index contributed by atoms with van der Waals surface area (Å²) in [6.07, 6.45) is 7.64. The Morgan fingerprint density at radius 2 is 2.16 bits per heavy atom. The Morgan fingerprint density at radius 1 is 1.38 bits per heavy atom. The fraction of sp³-hybridized carbons (Fsp3) is 0.545. The van der Waals surface area contributed by atoms with Crippen molar-refractivity contribution in [3.05, 3.63) is 44.6 Å². The van der Waals surface area contributed by atoms with E-state index in [9.17, 15) is 10.1 Å². The minimum atomic E-state index is -0.416. The zero-order valence-corrected chi connectivity index (χ0v) is 19.8. The minimum absolute atomic E-state index is 0.00105. The maximum Gasteiger partial charge on any atom is 0.309 e. The number of rotatable bonds is 5. The number of aryl methyl sites for hydroxylation is 2. The highest BCUT2D eigenvalue weighted by Crippen LogP contribution is 2.45. The lowest BCUT2D eigenvalue weighted by atomic mass is 9.70. The van der Waals surface area contributed by atoms with Crippen molar-refractivity contribution < 1.29 is 4.92 Å². The minimum Gasteiger partial charge on any atom is -0.258 e. The van der Waals surface area contributed by atoms with Gasteiger partial charge in [0, 0.05) is 4.88 Å². The molecule has 2 atom stereocenters. The molecule has 1 aliphatic rings. The van der Waals surface area contributed by atoms with E-state index in [1.54, 1.807) is 33.8 Å². The molecule has 4 aromatic rings. The monoisotopic (exact) mass is 453 g/mol. The van der Waals surface area contributed by atoms with Crippen LogP contribution in [0.25, 0.3) is 15.9 Å². The molecule has 0 fully saturated rings. The second-order valence-corrected chi connectivity index (χ2v) is 10.5. The van der Waals surface area contributed by atoms with Crippen LogP contribution in [0.4, 0.5) is 5.69 Å². The first-order chi connectivity index (χ1) is 15.2. The number of nitrogens with zero attached hydrogens (tertiary/aromatic N) is 7. The summed E-state index contributed by atoms with van der Waals surface area (Å²) in [5, 5.41) is 21.3. The van der Waals surface area contributed by atoms with E-state index in [0.29, 0.717) is 22.9 Å². The molecule has 4 heterocycles. The van der Waals surface area contributed by atoms with E-state index in [-0.39, 0.29) is 11.7 Å². The molecule has 0 aromatic carbocycles. The van der Waals surface area contributed by atoms with E-state index < -0.39 is 4.92 Å². The predicted molar refractivity (Wildman–Crippen MR) is 123 cm³/mol. The molecule has 0 amide bonds. The van der Waals surface area contributed by atoms with Crippen molar-refractivity contribution in [2.24, 2.45) is 11.3 Å². The lowest BCUT2D eigenvalue weighted by Gasteiger charge is -2.36. The highest BCUT2D eigenvalue weighted by Gasteiger charge is 2.33. The van der Waals surface area contributed by atoms with Crippen LogP contribution in [0.3, 0.4) is 0 Å². The third-order valence-corrected chi connectivity index (χ3v) is 8.44. The second-order valence-electron chi connectivity index (χ2n) is 9.46. The molecule has 0 bridgehead atoms. The highest BCUT2D eigenvalue weighted by atomic mass is 32.1. The lowest BCUT2D eigenvalue weighted by Crippen LogP contribution is -2.28. The molecule has 1 aliphatic carbocycles. The maximum atomic E-state index is 11.2. The molecule has 0 spiro atoms. The van der Waals surface area contributed by atoms with Gasteiger partial charge in [-0.3, -0.25) is 14.8 Å². The van der Waals surface area contributed by atoms with Crippen LogP contribution in [0.5, 0.6) is 0 Å². The van der Waals surface area contributed by atoms with E-state index in [0.717, 1.165) is 28.7 Å². The largest absolute Gasteiger partial charge is 0.309 e. The molecule has 9 nitrogen and oxygen atoms in total. The average molecular weight is 454 g/mol. The smallest absolute Gasteiger partial charge is 0.258 e. The quantitative estimate of drug-likeness (QED) is 0.314. The summed E-state index contributed by atoms with van der Waals surface area (Å²) in [5.74, 6) is 1.24. The van der Waals surface area contributed by atoms with Gasteiger partial charge in [-0.25, -0.2) is 14.5 Å². The van der Waals surface area contributed by atoms with E-state index in [1.807, 2.05) is 6.92 Å². The molecular weight excluding hydrogens is 426 g/mol. The van der Waals surface area contributed by atoms with Gasteiger partial charge >= 0.3 is 5.69 Å². The van der Waals surface area contributed by atoms with Gasteiger partial charge in [0.25, 0.3) is 0 Å². The van der Waals surface area contributed by atoms with Crippen molar-refractivity contribution in [3.63, 3.8) is 0 Å². The van der Waals surface area contributed by atoms with Crippen LogP contribution in [-0.2, 0) is 12.8 Å². The molecule has 4 aromatic heterocycles. The van der Waals surface area contributed by atoms with Crippen LogP contribution in [0.2, 0.25) is 0 Å². The molecule has 5 rings (SSSR count). The molecule has 168 valence electrons. The summed E-state index contributed by atoms with van der Waals surface area (Å²) in [4.78, 5) is 22.7. The van der Waals surface area contributed by atoms with Gasteiger partial charge < -0.3 is 0 Å². The number of hydrogen-bond donors (Lipinski definition) is 0. The van der Waals surface area contributed by atoms with Crippen molar-refractivity contribution in [1.82, 2.24) is 29.4 Å². The molecule has 32 heavy (non-hydrogen) atoms. The summed E-state index contributed by atoms with van der Waals surface area (Å²) in [7, 11) is 0. The van der Waals surface area contributed by atoms with E-state index >= 15 is 0 Å². The van der Waals surface area contributed by atoms with Crippen molar-refractivity contribution in [2.45, 2.75) is 66.3 Å². The van der Waals surface area contributed by atoms with Crippen LogP contribution in [0, 0.1) is 28.4 Å². The number of thiophene rings is 1. The van der Waals surface area contributed by atoms with Crippen molar-refractivity contribution in [1.29, 1.82) is 0 Å².